The predicted molar refractivity (Wildman–Crippen MR) is 121 cm³/mol. The van der Waals surface area contributed by atoms with E-state index in [0.29, 0.717) is 31.0 Å². The highest BCUT2D eigenvalue weighted by Gasteiger charge is 2.02. The molecule has 3 aromatic rings. The summed E-state index contributed by atoms with van der Waals surface area (Å²) in [7, 11) is 1.73. The van der Waals surface area contributed by atoms with Crippen molar-refractivity contribution in [1.82, 2.24) is 20.2 Å². The zero-order valence-corrected chi connectivity index (χ0v) is 18.1. The average molecular weight is 493 g/mol. The van der Waals surface area contributed by atoms with Crippen LogP contribution in [0.1, 0.15) is 16.7 Å². The number of nitrogens with one attached hydrogen (secondary N) is 2. The second kappa shape index (κ2) is 11.4. The number of aromatic nitrogens is 2. The van der Waals surface area contributed by atoms with E-state index in [4.69, 9.17) is 0 Å². The zero-order chi connectivity index (χ0) is 18.9. The monoisotopic (exact) mass is 493 g/mol. The molecule has 0 saturated carbocycles. The Morgan fingerprint density at radius 1 is 1.07 bits per heavy atom. The lowest BCUT2D eigenvalue weighted by atomic mass is 10.1. The fraction of sp³-hybridized carbons (Fsp3) is 0.238. The van der Waals surface area contributed by atoms with E-state index in [2.05, 4.69) is 44.9 Å². The largest absolute Gasteiger partial charge is 0.356 e. The van der Waals surface area contributed by atoms with Gasteiger partial charge in [-0.25, -0.2) is 9.37 Å². The number of benzene rings is 2. The van der Waals surface area contributed by atoms with Crippen LogP contribution in [0.5, 0.6) is 0 Å². The number of imidazole rings is 1. The van der Waals surface area contributed by atoms with Gasteiger partial charge in [0.15, 0.2) is 5.96 Å². The molecule has 0 atom stereocenters. The first-order valence-electron chi connectivity index (χ1n) is 8.96. The van der Waals surface area contributed by atoms with Gasteiger partial charge in [0, 0.05) is 39.1 Å². The summed E-state index contributed by atoms with van der Waals surface area (Å²) < 4.78 is 15.7. The van der Waals surface area contributed by atoms with E-state index in [1.807, 2.05) is 23.2 Å². The standard InChI is InChI=1S/C21H24FN5.HI/c1-23-21(25-11-10-19-4-2-3-5-20(19)22)26-14-17-6-8-18(9-7-17)15-27-13-12-24-16-27;/h2-9,12-13,16H,10-11,14-15H2,1H3,(H2,23,25,26);1H. The van der Waals surface area contributed by atoms with Crippen molar-refractivity contribution < 1.29 is 4.39 Å². The van der Waals surface area contributed by atoms with E-state index in [1.54, 1.807) is 25.4 Å². The molecule has 2 N–H and O–H groups in total. The highest BCUT2D eigenvalue weighted by atomic mass is 127. The lowest BCUT2D eigenvalue weighted by Gasteiger charge is -2.12. The molecule has 0 saturated heterocycles. The van der Waals surface area contributed by atoms with E-state index >= 15 is 0 Å². The molecule has 0 fully saturated rings. The Bertz CT molecular complexity index is 863. The third kappa shape index (κ3) is 6.63. The van der Waals surface area contributed by atoms with Crippen LogP contribution >= 0.6 is 24.0 Å². The number of halogens is 2. The van der Waals surface area contributed by atoms with Crippen LogP contribution in [0.4, 0.5) is 4.39 Å². The third-order valence-corrected chi connectivity index (χ3v) is 4.28. The number of nitrogens with zero attached hydrogens (tertiary/aromatic N) is 3. The highest BCUT2D eigenvalue weighted by Crippen LogP contribution is 2.07. The molecule has 5 nitrogen and oxygen atoms in total. The van der Waals surface area contributed by atoms with Crippen molar-refractivity contribution in [3.63, 3.8) is 0 Å². The Morgan fingerprint density at radius 3 is 2.50 bits per heavy atom. The molecule has 1 heterocycles. The van der Waals surface area contributed by atoms with Crippen LogP contribution in [0.15, 0.2) is 72.2 Å². The van der Waals surface area contributed by atoms with Crippen molar-refractivity contribution in [2.24, 2.45) is 4.99 Å². The van der Waals surface area contributed by atoms with Crippen LogP contribution in [0.2, 0.25) is 0 Å². The highest BCUT2D eigenvalue weighted by molar-refractivity contribution is 14.0. The molecule has 0 aliphatic carbocycles. The lowest BCUT2D eigenvalue weighted by Crippen LogP contribution is -2.37. The molecule has 0 bridgehead atoms. The molecule has 7 heteroatoms. The first kappa shape index (κ1) is 21.9. The number of guanidine groups is 1. The van der Waals surface area contributed by atoms with E-state index in [0.717, 1.165) is 6.54 Å². The van der Waals surface area contributed by atoms with Crippen molar-refractivity contribution in [1.29, 1.82) is 0 Å². The maximum atomic E-state index is 13.6. The molecule has 3 rings (SSSR count). The van der Waals surface area contributed by atoms with E-state index in [1.165, 1.54) is 17.2 Å². The Hall–Kier alpha value is -2.42. The van der Waals surface area contributed by atoms with Crippen molar-refractivity contribution in [3.05, 3.63) is 89.8 Å². The zero-order valence-electron chi connectivity index (χ0n) is 15.8. The summed E-state index contributed by atoms with van der Waals surface area (Å²) in [6, 6.07) is 15.3. The van der Waals surface area contributed by atoms with Gasteiger partial charge < -0.3 is 15.2 Å². The molecule has 0 amide bonds. The Balaban J connectivity index is 0.00000280. The minimum Gasteiger partial charge on any atom is -0.356 e. The van der Waals surface area contributed by atoms with Crippen molar-refractivity contribution in [2.45, 2.75) is 19.5 Å². The molecule has 0 aliphatic heterocycles. The summed E-state index contributed by atoms with van der Waals surface area (Å²) in [4.78, 5) is 8.27. The smallest absolute Gasteiger partial charge is 0.191 e. The van der Waals surface area contributed by atoms with Crippen LogP contribution in [-0.2, 0) is 19.5 Å². The minimum atomic E-state index is -0.168. The first-order chi connectivity index (χ1) is 13.2. The molecular weight excluding hydrogens is 468 g/mol. The Morgan fingerprint density at radius 2 is 1.82 bits per heavy atom. The predicted octanol–water partition coefficient (Wildman–Crippen LogP) is 3.60. The van der Waals surface area contributed by atoms with Crippen LogP contribution in [-0.4, -0.2) is 29.1 Å². The van der Waals surface area contributed by atoms with Gasteiger partial charge in [-0.3, -0.25) is 4.99 Å². The van der Waals surface area contributed by atoms with Gasteiger partial charge in [0.05, 0.1) is 6.33 Å². The van der Waals surface area contributed by atoms with E-state index in [-0.39, 0.29) is 29.8 Å². The molecule has 148 valence electrons. The summed E-state index contributed by atoms with van der Waals surface area (Å²) in [5.41, 5.74) is 3.10. The van der Waals surface area contributed by atoms with Gasteiger partial charge in [-0.1, -0.05) is 42.5 Å². The Labute approximate surface area is 182 Å². The van der Waals surface area contributed by atoms with E-state index < -0.39 is 0 Å². The van der Waals surface area contributed by atoms with Gasteiger partial charge in [-0.2, -0.15) is 0 Å². The minimum absolute atomic E-state index is 0. The van der Waals surface area contributed by atoms with Crippen LogP contribution < -0.4 is 10.6 Å². The van der Waals surface area contributed by atoms with Gasteiger partial charge >= 0.3 is 0 Å². The number of hydrogen-bond acceptors (Lipinski definition) is 2. The SMILES string of the molecule is CN=C(NCCc1ccccc1F)NCc1ccc(Cn2ccnc2)cc1.I. The molecule has 0 radical (unpaired) electrons. The van der Waals surface area contributed by atoms with Gasteiger partial charge in [0.25, 0.3) is 0 Å². The molecule has 0 spiro atoms. The molecule has 1 aromatic heterocycles. The van der Waals surface area contributed by atoms with Crippen LogP contribution in [0.3, 0.4) is 0 Å². The number of rotatable bonds is 7. The van der Waals surface area contributed by atoms with Gasteiger partial charge in [0.2, 0.25) is 0 Å². The number of hydrogen-bond donors (Lipinski definition) is 2. The second-order valence-corrected chi connectivity index (χ2v) is 6.25. The summed E-state index contributed by atoms with van der Waals surface area (Å²) in [5, 5.41) is 6.50. The van der Waals surface area contributed by atoms with Crippen molar-refractivity contribution in [3.8, 4) is 0 Å². The van der Waals surface area contributed by atoms with Crippen LogP contribution in [0, 0.1) is 5.82 Å². The van der Waals surface area contributed by atoms with Gasteiger partial charge in [-0.05, 0) is 29.2 Å². The summed E-state index contributed by atoms with van der Waals surface area (Å²) in [6.45, 7) is 2.10. The van der Waals surface area contributed by atoms with Crippen LogP contribution in [0.25, 0.3) is 0 Å². The maximum absolute atomic E-state index is 13.6. The lowest BCUT2D eigenvalue weighted by molar-refractivity contribution is 0.606. The molecule has 0 unspecified atom stereocenters. The van der Waals surface area contributed by atoms with Gasteiger partial charge in [-0.15, -0.1) is 24.0 Å². The first-order valence-corrected chi connectivity index (χ1v) is 8.96. The second-order valence-electron chi connectivity index (χ2n) is 6.25. The number of aliphatic imine (C=N–C) groups is 1. The van der Waals surface area contributed by atoms with Crippen molar-refractivity contribution >= 4 is 29.9 Å². The molecule has 28 heavy (non-hydrogen) atoms. The quantitative estimate of drug-likeness (QED) is 0.301. The van der Waals surface area contributed by atoms with Gasteiger partial charge in [0.1, 0.15) is 5.82 Å². The maximum Gasteiger partial charge on any atom is 0.191 e. The fourth-order valence-corrected chi connectivity index (χ4v) is 2.78. The normalized spacial score (nSPS) is 11.0. The summed E-state index contributed by atoms with van der Waals surface area (Å²) >= 11 is 0. The fourth-order valence-electron chi connectivity index (χ4n) is 2.78. The van der Waals surface area contributed by atoms with E-state index in [9.17, 15) is 4.39 Å². The molecule has 2 aromatic carbocycles. The third-order valence-electron chi connectivity index (χ3n) is 4.28. The van der Waals surface area contributed by atoms with Crippen molar-refractivity contribution in [2.75, 3.05) is 13.6 Å². The summed E-state index contributed by atoms with van der Waals surface area (Å²) in [6.07, 6.45) is 6.15. The average Bonchev–Trinajstić information content (AvgIpc) is 3.20. The molecular formula is C21H25FIN5. The Kier molecular flexibility index (Phi) is 8.93. The summed E-state index contributed by atoms with van der Waals surface area (Å²) in [5.74, 6) is 0.534. The topological polar surface area (TPSA) is 54.2 Å². The molecule has 0 aliphatic rings.